The van der Waals surface area contributed by atoms with E-state index in [4.69, 9.17) is 4.74 Å². The largest absolute Gasteiger partial charge is 0.378 e. The van der Waals surface area contributed by atoms with E-state index >= 15 is 0 Å². The summed E-state index contributed by atoms with van der Waals surface area (Å²) in [4.78, 5) is 19.4. The van der Waals surface area contributed by atoms with Crippen LogP contribution in [-0.2, 0) is 11.3 Å². The Bertz CT molecular complexity index is 479. The number of halogens is 1. The van der Waals surface area contributed by atoms with E-state index < -0.39 is 0 Å². The second-order valence-corrected chi connectivity index (χ2v) is 6.06. The van der Waals surface area contributed by atoms with Crippen LogP contribution in [0.2, 0.25) is 0 Å². The van der Waals surface area contributed by atoms with Gasteiger partial charge in [0.15, 0.2) is 0 Å². The number of ether oxygens (including phenoxy) is 1. The van der Waals surface area contributed by atoms with Crippen molar-refractivity contribution in [3.63, 3.8) is 0 Å². The molecule has 1 aromatic heterocycles. The Hall–Kier alpha value is -0.680. The number of hydrogen-bond acceptors (Lipinski definition) is 3. The monoisotopic (exact) mass is 328 g/mol. The maximum atomic E-state index is 11.9. The molecule has 1 aliphatic rings. The number of aromatic amines is 1. The Morgan fingerprint density at radius 1 is 1.37 bits per heavy atom. The lowest BCUT2D eigenvalue weighted by atomic mass is 9.80. The first kappa shape index (κ1) is 14.7. The molecule has 1 aromatic rings. The molecule has 0 atom stereocenters. The van der Waals surface area contributed by atoms with Crippen molar-refractivity contribution in [1.29, 1.82) is 0 Å². The van der Waals surface area contributed by atoms with Gasteiger partial charge in [-0.1, -0.05) is 13.3 Å². The van der Waals surface area contributed by atoms with Crippen LogP contribution in [0.15, 0.2) is 9.27 Å². The van der Waals surface area contributed by atoms with Gasteiger partial charge in [-0.2, -0.15) is 0 Å². The normalized spacial score (nSPS) is 23.5. The highest BCUT2D eigenvalue weighted by Gasteiger charge is 2.24. The van der Waals surface area contributed by atoms with E-state index in [1.165, 1.54) is 19.3 Å². The minimum Gasteiger partial charge on any atom is -0.378 e. The highest BCUT2D eigenvalue weighted by atomic mass is 79.9. The smallest absolute Gasteiger partial charge is 0.265 e. The Balaban J connectivity index is 2.19. The number of H-pyrrole nitrogens is 1. The maximum absolute atomic E-state index is 11.9. The van der Waals surface area contributed by atoms with Gasteiger partial charge >= 0.3 is 0 Å². The van der Waals surface area contributed by atoms with Gasteiger partial charge < -0.3 is 9.72 Å². The molecular formula is C14H21BrN2O2. The molecule has 1 fully saturated rings. The summed E-state index contributed by atoms with van der Waals surface area (Å²) >= 11 is 3.27. The number of nitrogens with zero attached hydrogens (tertiary/aromatic N) is 1. The molecule has 5 heteroatoms. The van der Waals surface area contributed by atoms with Crippen LogP contribution < -0.4 is 5.56 Å². The predicted molar refractivity (Wildman–Crippen MR) is 78.3 cm³/mol. The predicted octanol–water partition coefficient (Wildman–Crippen LogP) is 3.36. The van der Waals surface area contributed by atoms with Crippen molar-refractivity contribution in [3.05, 3.63) is 26.3 Å². The topological polar surface area (TPSA) is 55.0 Å². The lowest BCUT2D eigenvalue weighted by Gasteiger charge is -2.27. The first-order chi connectivity index (χ1) is 9.15. The van der Waals surface area contributed by atoms with Crippen LogP contribution in [0.4, 0.5) is 0 Å². The van der Waals surface area contributed by atoms with Crippen molar-refractivity contribution in [2.45, 2.75) is 51.6 Å². The van der Waals surface area contributed by atoms with Gasteiger partial charge in [-0.25, -0.2) is 4.98 Å². The van der Waals surface area contributed by atoms with Gasteiger partial charge in [0.25, 0.3) is 5.56 Å². The van der Waals surface area contributed by atoms with Crippen molar-refractivity contribution in [2.75, 3.05) is 7.11 Å². The van der Waals surface area contributed by atoms with Crippen LogP contribution in [0.1, 0.15) is 56.5 Å². The molecular weight excluding hydrogens is 308 g/mol. The second kappa shape index (κ2) is 6.66. The van der Waals surface area contributed by atoms with E-state index in [1.54, 1.807) is 7.11 Å². The number of methoxy groups -OCH3 is 1. The molecule has 0 spiro atoms. The molecule has 2 rings (SSSR count). The van der Waals surface area contributed by atoms with Crippen LogP contribution in [0, 0.1) is 5.92 Å². The molecule has 0 aliphatic heterocycles. The average molecular weight is 329 g/mol. The Labute approximate surface area is 122 Å². The molecule has 106 valence electrons. The van der Waals surface area contributed by atoms with Gasteiger partial charge in [-0.05, 0) is 47.5 Å². The standard InChI is InChI=1S/C14H21BrN2O2/c1-3-9-4-6-10(7-5-9)13-16-11(8-19-2)12(15)14(18)17-13/h9-10H,3-8H2,1-2H3,(H,16,17,18). The van der Waals surface area contributed by atoms with Gasteiger partial charge in [-0.3, -0.25) is 4.79 Å². The quantitative estimate of drug-likeness (QED) is 0.921. The fourth-order valence-electron chi connectivity index (χ4n) is 2.79. The summed E-state index contributed by atoms with van der Waals surface area (Å²) in [6, 6.07) is 0. The molecule has 0 aromatic carbocycles. The van der Waals surface area contributed by atoms with Crippen LogP contribution in [0.25, 0.3) is 0 Å². The van der Waals surface area contributed by atoms with Crippen molar-refractivity contribution < 1.29 is 4.74 Å². The van der Waals surface area contributed by atoms with Crippen molar-refractivity contribution >= 4 is 15.9 Å². The summed E-state index contributed by atoms with van der Waals surface area (Å²) in [6.07, 6.45) is 5.97. The number of hydrogen-bond donors (Lipinski definition) is 1. The third-order valence-electron chi connectivity index (χ3n) is 4.04. The van der Waals surface area contributed by atoms with Gasteiger partial charge in [0, 0.05) is 13.0 Å². The zero-order chi connectivity index (χ0) is 13.8. The molecule has 0 bridgehead atoms. The summed E-state index contributed by atoms with van der Waals surface area (Å²) in [5.74, 6) is 2.06. The number of aromatic nitrogens is 2. The van der Waals surface area contributed by atoms with E-state index in [1.807, 2.05) is 0 Å². The number of nitrogens with one attached hydrogen (secondary N) is 1. The Morgan fingerprint density at radius 2 is 2.05 bits per heavy atom. The maximum Gasteiger partial charge on any atom is 0.265 e. The molecule has 0 unspecified atom stereocenters. The summed E-state index contributed by atoms with van der Waals surface area (Å²) < 4.78 is 5.58. The third-order valence-corrected chi connectivity index (χ3v) is 4.86. The van der Waals surface area contributed by atoms with E-state index in [0.29, 0.717) is 22.7 Å². The van der Waals surface area contributed by atoms with Gasteiger partial charge in [0.1, 0.15) is 10.3 Å². The average Bonchev–Trinajstić information content (AvgIpc) is 2.44. The highest BCUT2D eigenvalue weighted by Crippen LogP contribution is 2.35. The summed E-state index contributed by atoms with van der Waals surface area (Å²) in [7, 11) is 1.61. The van der Waals surface area contributed by atoms with Crippen LogP contribution in [-0.4, -0.2) is 17.1 Å². The third kappa shape index (κ3) is 3.45. The molecule has 19 heavy (non-hydrogen) atoms. The van der Waals surface area contributed by atoms with E-state index in [2.05, 4.69) is 32.8 Å². The summed E-state index contributed by atoms with van der Waals surface area (Å²) in [5.41, 5.74) is 0.591. The number of rotatable bonds is 4. The molecule has 1 saturated carbocycles. The fourth-order valence-corrected chi connectivity index (χ4v) is 3.10. The van der Waals surface area contributed by atoms with Crippen molar-refractivity contribution in [3.8, 4) is 0 Å². The molecule has 1 aliphatic carbocycles. The minimum absolute atomic E-state index is 0.102. The molecule has 0 amide bonds. The summed E-state index contributed by atoms with van der Waals surface area (Å²) in [5, 5.41) is 0. The first-order valence-electron chi connectivity index (χ1n) is 6.93. The zero-order valence-corrected chi connectivity index (χ0v) is 13.1. The molecule has 1 heterocycles. The van der Waals surface area contributed by atoms with Crippen molar-refractivity contribution in [2.24, 2.45) is 5.92 Å². The van der Waals surface area contributed by atoms with Crippen LogP contribution in [0.3, 0.4) is 0 Å². The Morgan fingerprint density at radius 3 is 2.63 bits per heavy atom. The van der Waals surface area contributed by atoms with Crippen LogP contribution >= 0.6 is 15.9 Å². The van der Waals surface area contributed by atoms with Crippen molar-refractivity contribution in [1.82, 2.24) is 9.97 Å². The highest BCUT2D eigenvalue weighted by molar-refractivity contribution is 9.10. The lowest BCUT2D eigenvalue weighted by molar-refractivity contribution is 0.180. The zero-order valence-electron chi connectivity index (χ0n) is 11.5. The fraction of sp³-hybridized carbons (Fsp3) is 0.714. The summed E-state index contributed by atoms with van der Waals surface area (Å²) in [6.45, 7) is 2.61. The minimum atomic E-state index is -0.102. The SMILES string of the molecule is CCC1CCC(c2nc(COC)c(Br)c(=O)[nH]2)CC1. The Kier molecular flexibility index (Phi) is 5.16. The molecule has 0 saturated heterocycles. The molecule has 0 radical (unpaired) electrons. The van der Waals surface area contributed by atoms with E-state index in [-0.39, 0.29) is 5.56 Å². The molecule has 1 N–H and O–H groups in total. The second-order valence-electron chi connectivity index (χ2n) is 5.27. The van der Waals surface area contributed by atoms with Gasteiger partial charge in [0.2, 0.25) is 0 Å². The molecule has 4 nitrogen and oxygen atoms in total. The lowest BCUT2D eigenvalue weighted by Crippen LogP contribution is -2.21. The first-order valence-corrected chi connectivity index (χ1v) is 7.72. The van der Waals surface area contributed by atoms with E-state index in [9.17, 15) is 4.79 Å². The van der Waals surface area contributed by atoms with Gasteiger partial charge in [-0.15, -0.1) is 0 Å². The van der Waals surface area contributed by atoms with E-state index in [0.717, 1.165) is 24.6 Å². The van der Waals surface area contributed by atoms with Gasteiger partial charge in [0.05, 0.1) is 12.3 Å². The van der Waals surface area contributed by atoms with Crippen LogP contribution in [0.5, 0.6) is 0 Å².